The fourth-order valence-electron chi connectivity index (χ4n) is 6.95. The van der Waals surface area contributed by atoms with Gasteiger partial charge in [-0.15, -0.1) is 0 Å². The van der Waals surface area contributed by atoms with Gasteiger partial charge in [0.05, 0.1) is 11.8 Å². The Hall–Kier alpha value is -3.79. The number of anilines is 1. The molecule has 6 rings (SSSR count). The second-order valence-corrected chi connectivity index (χ2v) is 13.4. The molecule has 1 aliphatic carbocycles. The average Bonchev–Trinajstić information content (AvgIpc) is 3.32. The van der Waals surface area contributed by atoms with Gasteiger partial charge in [0.25, 0.3) is 5.91 Å². The van der Waals surface area contributed by atoms with E-state index in [0.29, 0.717) is 31.2 Å². The first kappa shape index (κ1) is 30.2. The predicted molar refractivity (Wildman–Crippen MR) is 164 cm³/mol. The van der Waals surface area contributed by atoms with Crippen molar-refractivity contribution in [3.05, 3.63) is 71.4 Å². The van der Waals surface area contributed by atoms with E-state index < -0.39 is 11.5 Å². The van der Waals surface area contributed by atoms with Gasteiger partial charge in [-0.3, -0.25) is 9.69 Å². The van der Waals surface area contributed by atoms with Gasteiger partial charge in [0, 0.05) is 56.3 Å². The average molecular weight is 606 g/mol. The number of ether oxygens (including phenoxy) is 2. The molecule has 3 aromatic rings. The van der Waals surface area contributed by atoms with Crippen LogP contribution in [-0.4, -0.2) is 69.7 Å². The van der Waals surface area contributed by atoms with Crippen molar-refractivity contribution in [3.63, 3.8) is 0 Å². The van der Waals surface area contributed by atoms with Crippen molar-refractivity contribution in [1.82, 2.24) is 19.8 Å². The lowest BCUT2D eigenvalue weighted by Gasteiger charge is -2.59. The zero-order valence-electron chi connectivity index (χ0n) is 26.1. The Morgan fingerprint density at radius 1 is 1.14 bits per heavy atom. The Kier molecular flexibility index (Phi) is 7.98. The van der Waals surface area contributed by atoms with E-state index in [4.69, 9.17) is 9.47 Å². The van der Waals surface area contributed by atoms with Crippen molar-refractivity contribution in [2.45, 2.75) is 78.4 Å². The molecule has 2 aliphatic heterocycles. The zero-order valence-corrected chi connectivity index (χ0v) is 26.1. The number of hydrogen-bond donors (Lipinski definition) is 0. The highest BCUT2D eigenvalue weighted by molar-refractivity contribution is 5.97. The van der Waals surface area contributed by atoms with E-state index >= 15 is 0 Å². The predicted octanol–water partition coefficient (Wildman–Crippen LogP) is 6.39. The summed E-state index contributed by atoms with van der Waals surface area (Å²) >= 11 is 0. The molecule has 0 radical (unpaired) electrons. The molecule has 3 heterocycles. The molecular formula is C34H41F2N5O3. The lowest BCUT2D eigenvalue weighted by atomic mass is 9.61. The van der Waals surface area contributed by atoms with Crippen molar-refractivity contribution in [2.24, 2.45) is 5.41 Å². The molecule has 2 aromatic carbocycles. The lowest BCUT2D eigenvalue weighted by Crippen LogP contribution is -2.65. The first-order valence-corrected chi connectivity index (χ1v) is 15.5. The molecule has 0 atom stereocenters. The van der Waals surface area contributed by atoms with Gasteiger partial charge in [0.15, 0.2) is 11.6 Å². The van der Waals surface area contributed by atoms with E-state index in [2.05, 4.69) is 25.8 Å². The normalized spacial score (nSPS) is 17.8. The second-order valence-electron chi connectivity index (χ2n) is 13.4. The number of carbonyl (C=O) groups excluding carboxylic acids is 1. The summed E-state index contributed by atoms with van der Waals surface area (Å²) in [6, 6.07) is 10.1. The van der Waals surface area contributed by atoms with Crippen LogP contribution < -0.4 is 14.4 Å². The third kappa shape index (κ3) is 6.09. The van der Waals surface area contributed by atoms with E-state index in [1.807, 2.05) is 32.9 Å². The van der Waals surface area contributed by atoms with Gasteiger partial charge >= 0.3 is 0 Å². The van der Waals surface area contributed by atoms with Gasteiger partial charge in [-0.05, 0) is 77.3 Å². The van der Waals surface area contributed by atoms with Crippen LogP contribution in [0.25, 0.3) is 0 Å². The third-order valence-corrected chi connectivity index (χ3v) is 8.85. The van der Waals surface area contributed by atoms with E-state index in [1.165, 1.54) is 35.7 Å². The minimum Gasteiger partial charge on any atom is -0.490 e. The molecule has 0 unspecified atom stereocenters. The SMILES string of the molecule is CCN(C(=O)c1cc(F)ccc1Oc1cncnc1N1CC2(CC(Oc3cccc4c3CN(CC(C)(C)F)C4)C2)C1)C(C)C. The summed E-state index contributed by atoms with van der Waals surface area (Å²) in [6.45, 7) is 12.9. The van der Waals surface area contributed by atoms with Crippen LogP contribution in [0.1, 0.15) is 68.9 Å². The number of hydrogen-bond acceptors (Lipinski definition) is 7. The highest BCUT2D eigenvalue weighted by Crippen LogP contribution is 2.52. The maximum absolute atomic E-state index is 14.3. The smallest absolute Gasteiger partial charge is 0.257 e. The maximum Gasteiger partial charge on any atom is 0.257 e. The molecule has 1 spiro atoms. The Balaban J connectivity index is 1.09. The number of alkyl halides is 1. The molecule has 3 aliphatic rings. The summed E-state index contributed by atoms with van der Waals surface area (Å²) in [6.07, 6.45) is 5.08. The molecular weight excluding hydrogens is 564 g/mol. The summed E-state index contributed by atoms with van der Waals surface area (Å²) in [7, 11) is 0. The molecule has 1 saturated heterocycles. The molecule has 1 saturated carbocycles. The van der Waals surface area contributed by atoms with Crippen LogP contribution in [-0.2, 0) is 13.1 Å². The fraction of sp³-hybridized carbons (Fsp3) is 0.500. The number of rotatable bonds is 10. The van der Waals surface area contributed by atoms with Gasteiger partial charge < -0.3 is 19.3 Å². The van der Waals surface area contributed by atoms with Gasteiger partial charge in [-0.2, -0.15) is 0 Å². The van der Waals surface area contributed by atoms with Gasteiger partial charge in [0.1, 0.15) is 35.4 Å². The van der Waals surface area contributed by atoms with Crippen molar-refractivity contribution in [2.75, 3.05) is 31.1 Å². The summed E-state index contributed by atoms with van der Waals surface area (Å²) in [5.74, 6) is 1.45. The van der Waals surface area contributed by atoms with Crippen LogP contribution in [0.15, 0.2) is 48.9 Å². The topological polar surface area (TPSA) is 71.0 Å². The van der Waals surface area contributed by atoms with Crippen LogP contribution in [0.4, 0.5) is 14.6 Å². The molecule has 0 bridgehead atoms. The molecule has 44 heavy (non-hydrogen) atoms. The Bertz CT molecular complexity index is 1530. The van der Waals surface area contributed by atoms with E-state index in [9.17, 15) is 13.6 Å². The second kappa shape index (κ2) is 11.6. The van der Waals surface area contributed by atoms with Crippen molar-refractivity contribution in [3.8, 4) is 17.2 Å². The quantitative estimate of drug-likeness (QED) is 0.265. The molecule has 2 fully saturated rings. The highest BCUT2D eigenvalue weighted by atomic mass is 19.1. The van der Waals surface area contributed by atoms with Crippen LogP contribution >= 0.6 is 0 Å². The molecule has 10 heteroatoms. The summed E-state index contributed by atoms with van der Waals surface area (Å²) in [5.41, 5.74) is 1.45. The summed E-state index contributed by atoms with van der Waals surface area (Å²) < 4.78 is 41.2. The van der Waals surface area contributed by atoms with Gasteiger partial charge in [-0.25, -0.2) is 18.7 Å². The van der Waals surface area contributed by atoms with E-state index in [-0.39, 0.29) is 34.8 Å². The van der Waals surface area contributed by atoms with Crippen molar-refractivity contribution in [1.29, 1.82) is 0 Å². The van der Waals surface area contributed by atoms with E-state index in [1.54, 1.807) is 24.9 Å². The first-order valence-electron chi connectivity index (χ1n) is 15.5. The summed E-state index contributed by atoms with van der Waals surface area (Å²) in [4.78, 5) is 27.9. The number of carbonyl (C=O) groups is 1. The zero-order chi connectivity index (χ0) is 31.2. The van der Waals surface area contributed by atoms with Crippen LogP contribution in [0.5, 0.6) is 17.2 Å². The minimum absolute atomic E-state index is 0.0435. The largest absolute Gasteiger partial charge is 0.490 e. The van der Waals surface area contributed by atoms with Crippen LogP contribution in [0.2, 0.25) is 0 Å². The number of benzene rings is 2. The number of aromatic nitrogens is 2. The lowest BCUT2D eigenvalue weighted by molar-refractivity contribution is -0.0349. The van der Waals surface area contributed by atoms with Gasteiger partial charge in [0.2, 0.25) is 0 Å². The number of fused-ring (bicyclic) bond motifs is 1. The van der Waals surface area contributed by atoms with Crippen molar-refractivity contribution >= 4 is 11.7 Å². The van der Waals surface area contributed by atoms with E-state index in [0.717, 1.165) is 38.2 Å². The Labute approximate surface area is 258 Å². The standard InChI is InChI=1S/C34H41F2N5O3/c1-6-41(22(2)3)32(42)26-12-24(35)10-11-29(26)44-30-15-37-21-38-31(30)40-19-34(20-40)13-25(14-34)43-28-9-7-8-23-16-39(17-27(23)28)18-33(4,5)36/h7-12,15,21-22,25H,6,13-14,16-20H2,1-5H3. The molecule has 1 aromatic heterocycles. The molecule has 234 valence electrons. The number of halogens is 2. The monoisotopic (exact) mass is 605 g/mol. The molecule has 8 nitrogen and oxygen atoms in total. The maximum atomic E-state index is 14.3. The van der Waals surface area contributed by atoms with Crippen LogP contribution in [0, 0.1) is 11.2 Å². The van der Waals surface area contributed by atoms with Gasteiger partial charge in [-0.1, -0.05) is 12.1 Å². The Morgan fingerprint density at radius 2 is 1.91 bits per heavy atom. The summed E-state index contributed by atoms with van der Waals surface area (Å²) in [5, 5.41) is 0. The third-order valence-electron chi connectivity index (χ3n) is 8.85. The van der Waals surface area contributed by atoms with Crippen LogP contribution in [0.3, 0.4) is 0 Å². The molecule has 1 amide bonds. The minimum atomic E-state index is -1.24. The Morgan fingerprint density at radius 3 is 2.61 bits per heavy atom. The van der Waals surface area contributed by atoms with Crippen molar-refractivity contribution < 1.29 is 23.0 Å². The first-order chi connectivity index (χ1) is 20.9. The highest BCUT2D eigenvalue weighted by Gasteiger charge is 2.54. The number of amides is 1. The molecule has 0 N–H and O–H groups in total. The number of nitrogens with zero attached hydrogens (tertiary/aromatic N) is 5. The fourth-order valence-corrected chi connectivity index (χ4v) is 6.95.